The average Bonchev–Trinajstić information content (AvgIpc) is 2.36. The fourth-order valence-corrected chi connectivity index (χ4v) is 1.12. The Morgan fingerprint density at radius 1 is 1.83 bits per heavy atom. The van der Waals surface area contributed by atoms with E-state index in [-0.39, 0.29) is 6.42 Å². The van der Waals surface area contributed by atoms with Gasteiger partial charge in [0.1, 0.15) is 11.8 Å². The van der Waals surface area contributed by atoms with Crippen molar-refractivity contribution < 1.29 is 14.3 Å². The molecule has 0 bridgehead atoms. The first kappa shape index (κ1) is 9.28. The van der Waals surface area contributed by atoms with Crippen molar-refractivity contribution in [1.82, 2.24) is 0 Å². The van der Waals surface area contributed by atoms with Crippen LogP contribution in [0.1, 0.15) is 5.76 Å². The second-order valence-electron chi connectivity index (χ2n) is 2.34. The summed E-state index contributed by atoms with van der Waals surface area (Å²) in [5, 5.41) is 8.49. The number of furan rings is 1. The van der Waals surface area contributed by atoms with Crippen molar-refractivity contribution in [1.29, 1.82) is 0 Å². The van der Waals surface area contributed by atoms with Crippen molar-refractivity contribution in [2.24, 2.45) is 5.73 Å². The van der Waals surface area contributed by atoms with Gasteiger partial charge in [-0.3, -0.25) is 4.79 Å². The van der Waals surface area contributed by atoms with Crippen LogP contribution in [0.3, 0.4) is 0 Å². The molecule has 0 radical (unpaired) electrons. The molecule has 0 aliphatic rings. The molecule has 0 amide bonds. The van der Waals surface area contributed by atoms with E-state index in [1.807, 2.05) is 0 Å². The minimum Gasteiger partial charge on any atom is -0.480 e. The predicted molar refractivity (Wildman–Crippen MR) is 45.7 cm³/mol. The quantitative estimate of drug-likeness (QED) is 0.817. The molecule has 4 nitrogen and oxygen atoms in total. The maximum absolute atomic E-state index is 10.4. The molecular formula is C7H8BrNO3. The summed E-state index contributed by atoms with van der Waals surface area (Å²) in [7, 11) is 0. The van der Waals surface area contributed by atoms with Crippen LogP contribution in [-0.2, 0) is 11.2 Å². The van der Waals surface area contributed by atoms with E-state index in [1.54, 1.807) is 6.07 Å². The predicted octanol–water partition coefficient (Wildman–Crippen LogP) is 0.997. The van der Waals surface area contributed by atoms with E-state index in [1.165, 1.54) is 6.26 Å². The zero-order valence-electron chi connectivity index (χ0n) is 6.16. The summed E-state index contributed by atoms with van der Waals surface area (Å²) in [6.07, 6.45) is 1.68. The van der Waals surface area contributed by atoms with Gasteiger partial charge in [0.25, 0.3) is 0 Å². The summed E-state index contributed by atoms with van der Waals surface area (Å²) in [6, 6.07) is 0.789. The van der Waals surface area contributed by atoms with E-state index in [2.05, 4.69) is 15.9 Å². The Bertz CT molecular complexity index is 284. The molecule has 0 unspecified atom stereocenters. The van der Waals surface area contributed by atoms with Gasteiger partial charge >= 0.3 is 5.97 Å². The fourth-order valence-electron chi connectivity index (χ4n) is 0.758. The third-order valence-electron chi connectivity index (χ3n) is 1.41. The van der Waals surface area contributed by atoms with Gasteiger partial charge in [0.05, 0.1) is 10.7 Å². The molecule has 0 fully saturated rings. The van der Waals surface area contributed by atoms with Gasteiger partial charge in [-0.2, -0.15) is 0 Å². The first-order chi connectivity index (χ1) is 5.61. The molecule has 0 aliphatic heterocycles. The number of carboxylic acids is 1. The van der Waals surface area contributed by atoms with Crippen LogP contribution in [0.2, 0.25) is 0 Å². The molecule has 1 heterocycles. The summed E-state index contributed by atoms with van der Waals surface area (Å²) in [4.78, 5) is 10.4. The van der Waals surface area contributed by atoms with E-state index in [4.69, 9.17) is 15.3 Å². The number of carbonyl (C=O) groups is 1. The standard InChI is InChI=1S/C7H8BrNO3/c8-4-1-2-12-6(4)3-5(9)7(10)11/h1-2,5H,3,9H2,(H,10,11)/t5-/m1/s1. The van der Waals surface area contributed by atoms with Crippen LogP contribution in [0.5, 0.6) is 0 Å². The molecule has 3 N–H and O–H groups in total. The second-order valence-corrected chi connectivity index (χ2v) is 3.19. The highest BCUT2D eigenvalue weighted by atomic mass is 79.9. The molecule has 12 heavy (non-hydrogen) atoms. The molecule has 66 valence electrons. The van der Waals surface area contributed by atoms with E-state index in [0.29, 0.717) is 5.76 Å². The van der Waals surface area contributed by atoms with Crippen molar-refractivity contribution >= 4 is 21.9 Å². The van der Waals surface area contributed by atoms with E-state index >= 15 is 0 Å². The minimum absolute atomic E-state index is 0.197. The number of hydrogen-bond acceptors (Lipinski definition) is 3. The molecule has 0 saturated carbocycles. The summed E-state index contributed by atoms with van der Waals surface area (Å²) in [5.41, 5.74) is 5.30. The maximum atomic E-state index is 10.4. The van der Waals surface area contributed by atoms with Gasteiger partial charge in [0.15, 0.2) is 0 Å². The second kappa shape index (κ2) is 3.73. The van der Waals surface area contributed by atoms with Crippen molar-refractivity contribution in [3.63, 3.8) is 0 Å². The fraction of sp³-hybridized carbons (Fsp3) is 0.286. The number of nitrogens with two attached hydrogens (primary N) is 1. The largest absolute Gasteiger partial charge is 0.480 e. The Kier molecular flexibility index (Phi) is 2.88. The SMILES string of the molecule is N[C@H](Cc1occc1Br)C(=O)O. The number of rotatable bonds is 3. The Morgan fingerprint density at radius 2 is 2.50 bits per heavy atom. The van der Waals surface area contributed by atoms with Crippen LogP contribution in [-0.4, -0.2) is 17.1 Å². The highest BCUT2D eigenvalue weighted by Gasteiger charge is 2.15. The molecule has 1 rings (SSSR count). The Morgan fingerprint density at radius 3 is 2.92 bits per heavy atom. The van der Waals surface area contributed by atoms with Crippen molar-refractivity contribution in [3.05, 3.63) is 22.6 Å². The van der Waals surface area contributed by atoms with Gasteiger partial charge in [-0.05, 0) is 22.0 Å². The van der Waals surface area contributed by atoms with E-state index in [0.717, 1.165) is 4.47 Å². The molecule has 0 spiro atoms. The minimum atomic E-state index is -1.03. The molecule has 1 aromatic heterocycles. The molecule has 0 aromatic carbocycles. The highest BCUT2D eigenvalue weighted by Crippen LogP contribution is 2.18. The lowest BCUT2D eigenvalue weighted by Gasteiger charge is -2.02. The number of halogens is 1. The number of hydrogen-bond donors (Lipinski definition) is 2. The summed E-state index contributed by atoms with van der Waals surface area (Å²) >= 11 is 3.20. The molecule has 5 heteroatoms. The van der Waals surface area contributed by atoms with Gasteiger partial charge in [-0.15, -0.1) is 0 Å². The Balaban J connectivity index is 2.64. The summed E-state index contributed by atoms with van der Waals surface area (Å²) < 4.78 is 5.74. The van der Waals surface area contributed by atoms with Crippen molar-refractivity contribution in [3.8, 4) is 0 Å². The summed E-state index contributed by atoms with van der Waals surface area (Å²) in [5.74, 6) is -0.469. The van der Waals surface area contributed by atoms with E-state index < -0.39 is 12.0 Å². The van der Waals surface area contributed by atoms with Crippen LogP contribution in [0.4, 0.5) is 0 Å². The van der Waals surface area contributed by atoms with Gasteiger partial charge < -0.3 is 15.3 Å². The van der Waals surface area contributed by atoms with Crippen molar-refractivity contribution in [2.75, 3.05) is 0 Å². The smallest absolute Gasteiger partial charge is 0.320 e. The van der Waals surface area contributed by atoms with Crippen LogP contribution in [0.25, 0.3) is 0 Å². The summed E-state index contributed by atoms with van der Waals surface area (Å²) in [6.45, 7) is 0. The lowest BCUT2D eigenvalue weighted by Crippen LogP contribution is -2.32. The topological polar surface area (TPSA) is 76.5 Å². The van der Waals surface area contributed by atoms with Crippen molar-refractivity contribution in [2.45, 2.75) is 12.5 Å². The van der Waals surface area contributed by atoms with E-state index in [9.17, 15) is 4.79 Å². The van der Waals surface area contributed by atoms with Crippen LogP contribution < -0.4 is 5.73 Å². The van der Waals surface area contributed by atoms with Gasteiger partial charge in [-0.1, -0.05) is 0 Å². The first-order valence-electron chi connectivity index (χ1n) is 3.31. The Labute approximate surface area is 77.5 Å². The number of aliphatic carboxylic acids is 1. The third kappa shape index (κ3) is 2.09. The Hall–Kier alpha value is -0.810. The van der Waals surface area contributed by atoms with Gasteiger partial charge in [0.2, 0.25) is 0 Å². The average molecular weight is 234 g/mol. The van der Waals surface area contributed by atoms with Gasteiger partial charge in [0, 0.05) is 6.42 Å². The zero-order valence-corrected chi connectivity index (χ0v) is 7.74. The molecule has 1 atom stereocenters. The molecule has 0 saturated heterocycles. The molecule has 0 aliphatic carbocycles. The molecule has 1 aromatic rings. The maximum Gasteiger partial charge on any atom is 0.320 e. The van der Waals surface area contributed by atoms with Gasteiger partial charge in [-0.25, -0.2) is 0 Å². The van der Waals surface area contributed by atoms with Crippen LogP contribution >= 0.6 is 15.9 Å². The van der Waals surface area contributed by atoms with Crippen LogP contribution in [0, 0.1) is 0 Å². The lowest BCUT2D eigenvalue weighted by atomic mass is 10.2. The monoisotopic (exact) mass is 233 g/mol. The first-order valence-corrected chi connectivity index (χ1v) is 4.11. The normalized spacial score (nSPS) is 12.8. The van der Waals surface area contributed by atoms with Crippen LogP contribution in [0.15, 0.2) is 21.2 Å². The molecular weight excluding hydrogens is 226 g/mol. The highest BCUT2D eigenvalue weighted by molar-refractivity contribution is 9.10. The zero-order chi connectivity index (χ0) is 9.14. The number of carboxylic acid groups (broad SMARTS) is 1. The lowest BCUT2D eigenvalue weighted by molar-refractivity contribution is -0.138. The third-order valence-corrected chi connectivity index (χ3v) is 2.12.